The minimum absolute atomic E-state index is 0.00736. The molecule has 1 heterocycles. The number of benzene rings is 2. The summed E-state index contributed by atoms with van der Waals surface area (Å²) in [5.41, 5.74) is 1.29. The minimum atomic E-state index is -0.568. The predicted octanol–water partition coefficient (Wildman–Crippen LogP) is 3.32. The SMILES string of the molecule is COc1ccc(F)cc1COC(=O)c1ccccc1N1CCCC1=O. The van der Waals surface area contributed by atoms with Gasteiger partial charge in [-0.3, -0.25) is 4.79 Å². The Kier molecular flexibility index (Phi) is 4.97. The van der Waals surface area contributed by atoms with Crippen LogP contribution in [0.15, 0.2) is 42.5 Å². The molecule has 1 saturated heterocycles. The molecule has 130 valence electrons. The molecule has 0 aliphatic carbocycles. The summed E-state index contributed by atoms with van der Waals surface area (Å²) in [4.78, 5) is 26.1. The number of methoxy groups -OCH3 is 1. The summed E-state index contributed by atoms with van der Waals surface area (Å²) in [5.74, 6) is -0.569. The molecule has 0 saturated carbocycles. The number of halogens is 1. The van der Waals surface area contributed by atoms with Crippen LogP contribution in [0, 0.1) is 5.82 Å². The largest absolute Gasteiger partial charge is 0.496 e. The summed E-state index contributed by atoms with van der Waals surface area (Å²) in [6, 6.07) is 10.8. The first-order valence-corrected chi connectivity index (χ1v) is 7.99. The van der Waals surface area contributed by atoms with Crippen LogP contribution in [0.4, 0.5) is 10.1 Å². The van der Waals surface area contributed by atoms with Crippen molar-refractivity contribution in [2.24, 2.45) is 0 Å². The van der Waals surface area contributed by atoms with E-state index in [1.54, 1.807) is 29.2 Å². The lowest BCUT2D eigenvalue weighted by Gasteiger charge is -2.19. The second kappa shape index (κ2) is 7.34. The maximum absolute atomic E-state index is 13.4. The van der Waals surface area contributed by atoms with Gasteiger partial charge < -0.3 is 14.4 Å². The highest BCUT2D eigenvalue weighted by Gasteiger charge is 2.26. The molecule has 0 N–H and O–H groups in total. The summed E-state index contributed by atoms with van der Waals surface area (Å²) in [6.07, 6.45) is 1.24. The quantitative estimate of drug-likeness (QED) is 0.782. The Bertz CT molecular complexity index is 806. The summed E-state index contributed by atoms with van der Waals surface area (Å²) >= 11 is 0. The number of para-hydroxylation sites is 1. The van der Waals surface area contributed by atoms with Crippen LogP contribution in [0.3, 0.4) is 0 Å². The number of amides is 1. The van der Waals surface area contributed by atoms with Gasteiger partial charge in [0.05, 0.1) is 18.4 Å². The lowest BCUT2D eigenvalue weighted by atomic mass is 10.1. The van der Waals surface area contributed by atoms with E-state index >= 15 is 0 Å². The van der Waals surface area contributed by atoms with Crippen LogP contribution in [0.2, 0.25) is 0 Å². The molecule has 1 fully saturated rings. The fraction of sp³-hybridized carbons (Fsp3) is 0.263. The molecule has 3 rings (SSSR count). The van der Waals surface area contributed by atoms with Gasteiger partial charge >= 0.3 is 5.97 Å². The van der Waals surface area contributed by atoms with E-state index in [0.717, 1.165) is 6.42 Å². The van der Waals surface area contributed by atoms with Crippen molar-refractivity contribution in [2.45, 2.75) is 19.4 Å². The third-order valence-corrected chi connectivity index (χ3v) is 4.09. The van der Waals surface area contributed by atoms with Crippen molar-refractivity contribution in [3.05, 3.63) is 59.4 Å². The fourth-order valence-electron chi connectivity index (χ4n) is 2.87. The molecule has 0 atom stereocenters. The average molecular weight is 343 g/mol. The van der Waals surface area contributed by atoms with E-state index in [1.165, 1.54) is 25.3 Å². The number of hydrogen-bond donors (Lipinski definition) is 0. The number of ether oxygens (including phenoxy) is 2. The van der Waals surface area contributed by atoms with E-state index in [-0.39, 0.29) is 12.5 Å². The second-order valence-corrected chi connectivity index (χ2v) is 5.70. The highest BCUT2D eigenvalue weighted by Crippen LogP contribution is 2.27. The van der Waals surface area contributed by atoms with E-state index in [2.05, 4.69) is 0 Å². The van der Waals surface area contributed by atoms with Gasteiger partial charge in [-0.1, -0.05) is 12.1 Å². The predicted molar refractivity (Wildman–Crippen MR) is 90.1 cm³/mol. The van der Waals surface area contributed by atoms with Gasteiger partial charge in [0.2, 0.25) is 5.91 Å². The zero-order chi connectivity index (χ0) is 17.8. The first-order valence-electron chi connectivity index (χ1n) is 7.99. The maximum atomic E-state index is 13.4. The highest BCUT2D eigenvalue weighted by atomic mass is 19.1. The number of anilines is 1. The zero-order valence-corrected chi connectivity index (χ0v) is 13.8. The fourth-order valence-corrected chi connectivity index (χ4v) is 2.87. The number of carbonyl (C=O) groups is 2. The van der Waals surface area contributed by atoms with E-state index < -0.39 is 11.8 Å². The van der Waals surface area contributed by atoms with Gasteiger partial charge in [0.15, 0.2) is 0 Å². The van der Waals surface area contributed by atoms with Gasteiger partial charge in [0.25, 0.3) is 0 Å². The molecule has 2 aromatic rings. The average Bonchev–Trinajstić information content (AvgIpc) is 3.05. The normalized spacial score (nSPS) is 13.8. The Morgan fingerprint density at radius 3 is 2.76 bits per heavy atom. The molecule has 25 heavy (non-hydrogen) atoms. The lowest BCUT2D eigenvalue weighted by Crippen LogP contribution is -2.26. The molecule has 1 aliphatic rings. The number of hydrogen-bond acceptors (Lipinski definition) is 4. The van der Waals surface area contributed by atoms with Gasteiger partial charge in [0.1, 0.15) is 18.2 Å². The molecule has 0 spiro atoms. The third-order valence-electron chi connectivity index (χ3n) is 4.09. The first kappa shape index (κ1) is 17.0. The Morgan fingerprint density at radius 1 is 1.24 bits per heavy atom. The van der Waals surface area contributed by atoms with Crippen molar-refractivity contribution < 1.29 is 23.5 Å². The van der Waals surface area contributed by atoms with Crippen LogP contribution in [0.25, 0.3) is 0 Å². The van der Waals surface area contributed by atoms with Crippen LogP contribution >= 0.6 is 0 Å². The van der Waals surface area contributed by atoms with Gasteiger partial charge in [-0.2, -0.15) is 0 Å². The number of nitrogens with zero attached hydrogens (tertiary/aromatic N) is 1. The summed E-state index contributed by atoms with van der Waals surface area (Å²) in [7, 11) is 1.47. The zero-order valence-electron chi connectivity index (χ0n) is 13.8. The number of esters is 1. The molecule has 1 amide bonds. The van der Waals surface area contributed by atoms with Crippen LogP contribution in [-0.4, -0.2) is 25.5 Å². The van der Waals surface area contributed by atoms with Crippen LogP contribution in [-0.2, 0) is 16.1 Å². The lowest BCUT2D eigenvalue weighted by molar-refractivity contribution is -0.117. The monoisotopic (exact) mass is 343 g/mol. The maximum Gasteiger partial charge on any atom is 0.340 e. The minimum Gasteiger partial charge on any atom is -0.496 e. The Hall–Kier alpha value is -2.89. The number of carbonyl (C=O) groups excluding carboxylic acids is 2. The topological polar surface area (TPSA) is 55.8 Å². The van der Waals surface area contributed by atoms with Crippen LogP contribution in [0.5, 0.6) is 5.75 Å². The molecule has 2 aromatic carbocycles. The summed E-state index contributed by atoms with van der Waals surface area (Å²) < 4.78 is 23.9. The van der Waals surface area contributed by atoms with E-state index in [0.29, 0.717) is 35.5 Å². The molecule has 0 unspecified atom stereocenters. The van der Waals surface area contributed by atoms with Crippen molar-refractivity contribution in [1.29, 1.82) is 0 Å². The van der Waals surface area contributed by atoms with Crippen molar-refractivity contribution in [1.82, 2.24) is 0 Å². The number of rotatable bonds is 5. The molecule has 5 nitrogen and oxygen atoms in total. The highest BCUT2D eigenvalue weighted by molar-refractivity contribution is 6.03. The van der Waals surface area contributed by atoms with E-state index in [1.807, 2.05) is 0 Å². The molecule has 0 radical (unpaired) electrons. The molecule has 0 aromatic heterocycles. The van der Waals surface area contributed by atoms with Crippen molar-refractivity contribution in [2.75, 3.05) is 18.6 Å². The van der Waals surface area contributed by atoms with Crippen LogP contribution < -0.4 is 9.64 Å². The second-order valence-electron chi connectivity index (χ2n) is 5.70. The standard InChI is InChI=1S/C19H18FNO4/c1-24-17-9-8-14(20)11-13(17)12-25-19(23)15-5-2-3-6-16(15)21-10-4-7-18(21)22/h2-3,5-6,8-9,11H,4,7,10,12H2,1H3. The Morgan fingerprint density at radius 2 is 2.04 bits per heavy atom. The molecular weight excluding hydrogens is 325 g/mol. The summed E-state index contributed by atoms with van der Waals surface area (Å²) in [5, 5.41) is 0. The molecule has 1 aliphatic heterocycles. The molecule has 0 bridgehead atoms. The van der Waals surface area contributed by atoms with Gasteiger partial charge in [0, 0.05) is 18.5 Å². The smallest absolute Gasteiger partial charge is 0.340 e. The van der Waals surface area contributed by atoms with Crippen molar-refractivity contribution in [3.63, 3.8) is 0 Å². The van der Waals surface area contributed by atoms with Crippen molar-refractivity contribution >= 4 is 17.6 Å². The summed E-state index contributed by atoms with van der Waals surface area (Å²) in [6.45, 7) is 0.461. The Labute approximate surface area is 145 Å². The first-order chi connectivity index (χ1) is 12.1. The van der Waals surface area contributed by atoms with Crippen LogP contribution in [0.1, 0.15) is 28.8 Å². The van der Waals surface area contributed by atoms with Crippen molar-refractivity contribution in [3.8, 4) is 5.75 Å². The van der Waals surface area contributed by atoms with Gasteiger partial charge in [-0.25, -0.2) is 9.18 Å². The van der Waals surface area contributed by atoms with E-state index in [9.17, 15) is 14.0 Å². The van der Waals surface area contributed by atoms with Gasteiger partial charge in [-0.05, 0) is 36.8 Å². The van der Waals surface area contributed by atoms with E-state index in [4.69, 9.17) is 9.47 Å². The molecular formula is C19H18FNO4. The third kappa shape index (κ3) is 3.63. The Balaban J connectivity index is 1.78. The molecule has 6 heteroatoms. The van der Waals surface area contributed by atoms with Gasteiger partial charge in [-0.15, -0.1) is 0 Å².